The molecule has 2 aromatic heterocycles. The van der Waals surface area contributed by atoms with Crippen LogP contribution in [0.15, 0.2) is 17.8 Å². The lowest BCUT2D eigenvalue weighted by Crippen LogP contribution is -2.60. The monoisotopic (exact) mass is 294 g/mol. The van der Waals surface area contributed by atoms with Gasteiger partial charge in [-0.1, -0.05) is 0 Å². The van der Waals surface area contributed by atoms with Gasteiger partial charge in [0.15, 0.2) is 4.96 Å². The number of hydrazine groups is 1. The normalized spacial score (nSPS) is 23.4. The highest BCUT2D eigenvalue weighted by Crippen LogP contribution is 2.16. The quantitative estimate of drug-likeness (QED) is 0.615. The van der Waals surface area contributed by atoms with E-state index in [2.05, 4.69) is 50.3 Å². The van der Waals surface area contributed by atoms with Crippen LogP contribution in [0.25, 0.3) is 4.96 Å². The molecule has 1 aliphatic rings. The minimum atomic E-state index is 0.215. The third-order valence-corrected chi connectivity index (χ3v) is 4.92. The van der Waals surface area contributed by atoms with Crippen molar-refractivity contribution in [1.29, 1.82) is 0 Å². The van der Waals surface area contributed by atoms with Crippen molar-refractivity contribution in [2.75, 3.05) is 33.7 Å². The number of nitrogens with one attached hydrogen (secondary N) is 1. The molecule has 3 rings (SSSR count). The number of rotatable bonds is 4. The van der Waals surface area contributed by atoms with Gasteiger partial charge in [0.25, 0.3) is 0 Å². The molecule has 2 unspecified atom stereocenters. The maximum atomic E-state index is 5.80. The Kier molecular flexibility index (Phi) is 4.04. The molecular weight excluding hydrogens is 272 g/mol. The number of aromatic nitrogens is 2. The Morgan fingerprint density at radius 1 is 1.50 bits per heavy atom. The van der Waals surface area contributed by atoms with Gasteiger partial charge in [-0.15, -0.1) is 11.3 Å². The molecule has 7 heteroatoms. The lowest BCUT2D eigenvalue weighted by Gasteiger charge is -2.41. The average molecular weight is 294 g/mol. The van der Waals surface area contributed by atoms with Crippen LogP contribution in [0.1, 0.15) is 5.69 Å². The Bertz CT molecular complexity index is 535. The average Bonchev–Trinajstić information content (AvgIpc) is 3.00. The topological polar surface area (TPSA) is 61.8 Å². The van der Waals surface area contributed by atoms with E-state index in [1.54, 1.807) is 11.3 Å². The Morgan fingerprint density at radius 2 is 2.35 bits per heavy atom. The van der Waals surface area contributed by atoms with E-state index in [9.17, 15) is 0 Å². The zero-order valence-electron chi connectivity index (χ0n) is 12.0. The van der Waals surface area contributed by atoms with E-state index in [0.29, 0.717) is 6.04 Å². The van der Waals surface area contributed by atoms with Crippen LogP contribution in [0.2, 0.25) is 0 Å². The lowest BCUT2D eigenvalue weighted by atomic mass is 10.00. The number of hydrogen-bond acceptors (Lipinski definition) is 6. The van der Waals surface area contributed by atoms with Crippen LogP contribution in [0, 0.1) is 0 Å². The minimum absolute atomic E-state index is 0.215. The van der Waals surface area contributed by atoms with Crippen molar-refractivity contribution in [2.24, 2.45) is 5.84 Å². The number of nitrogens with two attached hydrogens (primary N) is 1. The van der Waals surface area contributed by atoms with E-state index in [4.69, 9.17) is 5.84 Å². The van der Waals surface area contributed by atoms with Gasteiger partial charge in [-0.05, 0) is 14.1 Å². The molecule has 0 spiro atoms. The van der Waals surface area contributed by atoms with Gasteiger partial charge in [0.05, 0.1) is 5.69 Å². The first-order valence-corrected chi connectivity index (χ1v) is 7.81. The Balaban J connectivity index is 1.74. The first-order valence-electron chi connectivity index (χ1n) is 6.93. The highest BCUT2D eigenvalue weighted by Gasteiger charge is 2.29. The van der Waals surface area contributed by atoms with Crippen LogP contribution in [-0.4, -0.2) is 65.0 Å². The summed E-state index contributed by atoms with van der Waals surface area (Å²) in [6, 6.07) is 0.630. The Morgan fingerprint density at radius 3 is 3.10 bits per heavy atom. The summed E-state index contributed by atoms with van der Waals surface area (Å²) in [7, 11) is 4.34. The number of piperazine rings is 1. The van der Waals surface area contributed by atoms with Crippen LogP contribution >= 0.6 is 11.3 Å². The van der Waals surface area contributed by atoms with E-state index in [1.165, 1.54) is 0 Å². The third kappa shape index (κ3) is 2.72. The molecule has 2 aromatic rings. The van der Waals surface area contributed by atoms with Crippen molar-refractivity contribution in [2.45, 2.75) is 18.5 Å². The van der Waals surface area contributed by atoms with E-state index >= 15 is 0 Å². The fraction of sp³-hybridized carbons (Fsp3) is 0.615. The van der Waals surface area contributed by atoms with E-state index in [1.807, 2.05) is 6.20 Å². The van der Waals surface area contributed by atoms with Gasteiger partial charge < -0.3 is 4.90 Å². The van der Waals surface area contributed by atoms with Gasteiger partial charge >= 0.3 is 0 Å². The second kappa shape index (κ2) is 5.79. The van der Waals surface area contributed by atoms with E-state index < -0.39 is 0 Å². The zero-order valence-corrected chi connectivity index (χ0v) is 12.8. The number of nitrogens with zero attached hydrogens (tertiary/aromatic N) is 4. The van der Waals surface area contributed by atoms with Gasteiger partial charge in [0.1, 0.15) is 0 Å². The van der Waals surface area contributed by atoms with Crippen molar-refractivity contribution < 1.29 is 0 Å². The maximum Gasteiger partial charge on any atom is 0.193 e. The first kappa shape index (κ1) is 14.0. The Hall–Kier alpha value is -0.990. The molecule has 1 saturated heterocycles. The molecule has 110 valence electrons. The molecule has 0 amide bonds. The molecule has 20 heavy (non-hydrogen) atoms. The standard InChI is InChI=1S/C13H22N6S/c1-17-3-4-18(2)12(9-17)11(16-14)7-10-8-19-5-6-20-13(19)15-10/h5-6,8,11-12,16H,3-4,7,9,14H2,1-2H3. The van der Waals surface area contributed by atoms with Gasteiger partial charge in [-0.3, -0.25) is 20.6 Å². The predicted octanol–water partition coefficient (Wildman–Crippen LogP) is 0.0160. The number of imidazole rings is 1. The van der Waals surface area contributed by atoms with Gasteiger partial charge in [0, 0.05) is 55.9 Å². The second-order valence-corrected chi connectivity index (χ2v) is 6.49. The summed E-state index contributed by atoms with van der Waals surface area (Å²) >= 11 is 1.66. The molecule has 0 aliphatic carbocycles. The fourth-order valence-electron chi connectivity index (χ4n) is 2.88. The van der Waals surface area contributed by atoms with Crippen molar-refractivity contribution >= 4 is 16.3 Å². The van der Waals surface area contributed by atoms with Crippen molar-refractivity contribution in [3.63, 3.8) is 0 Å². The second-order valence-electron chi connectivity index (χ2n) is 5.61. The molecule has 3 heterocycles. The smallest absolute Gasteiger partial charge is 0.193 e. The molecular formula is C13H22N6S. The number of fused-ring (bicyclic) bond motifs is 1. The minimum Gasteiger partial charge on any atom is -0.303 e. The van der Waals surface area contributed by atoms with Crippen molar-refractivity contribution in [3.05, 3.63) is 23.5 Å². The lowest BCUT2D eigenvalue weighted by molar-refractivity contribution is 0.0874. The van der Waals surface area contributed by atoms with Crippen LogP contribution < -0.4 is 11.3 Å². The zero-order chi connectivity index (χ0) is 14.1. The van der Waals surface area contributed by atoms with E-state index in [0.717, 1.165) is 36.7 Å². The summed E-state index contributed by atoms with van der Waals surface area (Å²) in [6.45, 7) is 3.23. The predicted molar refractivity (Wildman–Crippen MR) is 81.8 cm³/mol. The van der Waals surface area contributed by atoms with Crippen molar-refractivity contribution in [1.82, 2.24) is 24.6 Å². The molecule has 3 N–H and O–H groups in total. The van der Waals surface area contributed by atoms with Gasteiger partial charge in [0.2, 0.25) is 0 Å². The highest BCUT2D eigenvalue weighted by molar-refractivity contribution is 7.15. The summed E-state index contributed by atoms with van der Waals surface area (Å²) in [6.07, 6.45) is 5.00. The summed E-state index contributed by atoms with van der Waals surface area (Å²) in [5.41, 5.74) is 4.09. The molecule has 0 bridgehead atoms. The van der Waals surface area contributed by atoms with Crippen LogP contribution in [0.4, 0.5) is 0 Å². The summed E-state index contributed by atoms with van der Waals surface area (Å²) in [4.78, 5) is 10.5. The molecule has 1 fully saturated rings. The van der Waals surface area contributed by atoms with Gasteiger partial charge in [-0.25, -0.2) is 4.98 Å². The molecule has 0 radical (unpaired) electrons. The molecule has 0 aromatic carbocycles. The summed E-state index contributed by atoms with van der Waals surface area (Å²) in [5, 5.41) is 2.05. The van der Waals surface area contributed by atoms with Crippen LogP contribution in [0.3, 0.4) is 0 Å². The third-order valence-electron chi connectivity index (χ3n) is 4.15. The van der Waals surface area contributed by atoms with Crippen LogP contribution in [-0.2, 0) is 6.42 Å². The summed E-state index contributed by atoms with van der Waals surface area (Å²) < 4.78 is 2.07. The number of likely N-dealkylation sites (N-methyl/N-ethyl adjacent to an activating group) is 2. The van der Waals surface area contributed by atoms with E-state index in [-0.39, 0.29) is 6.04 Å². The van der Waals surface area contributed by atoms with Gasteiger partial charge in [-0.2, -0.15) is 0 Å². The largest absolute Gasteiger partial charge is 0.303 e. The number of hydrogen-bond donors (Lipinski definition) is 2. The summed E-state index contributed by atoms with van der Waals surface area (Å²) in [5.74, 6) is 5.80. The number of thiazole rings is 1. The highest BCUT2D eigenvalue weighted by atomic mass is 32.1. The SMILES string of the molecule is CN1CCN(C)C(C(Cc2cn3ccsc3n2)NN)C1. The molecule has 6 nitrogen and oxygen atoms in total. The first-order chi connectivity index (χ1) is 9.67. The van der Waals surface area contributed by atoms with Crippen molar-refractivity contribution in [3.8, 4) is 0 Å². The molecule has 1 aliphatic heterocycles. The maximum absolute atomic E-state index is 5.80. The fourth-order valence-corrected chi connectivity index (χ4v) is 3.60. The Labute approximate surface area is 123 Å². The molecule has 0 saturated carbocycles. The molecule has 2 atom stereocenters. The van der Waals surface area contributed by atoms with Crippen LogP contribution in [0.5, 0.6) is 0 Å².